The fraction of sp³-hybridized carbons (Fsp3) is 0.951. The average molecular weight is 732 g/mol. The second kappa shape index (κ2) is 37.8. The normalized spacial score (nSPS) is 13.3. The molecule has 0 saturated carbocycles. The number of hydrogen-bond donors (Lipinski definition) is 0. The Kier molecular flexibility index (Phi) is 37.1. The maximum absolute atomic E-state index is 12.5. The second-order valence-electron chi connectivity index (χ2n) is 14.4. The molecule has 298 valence electrons. The monoisotopic (exact) mass is 732 g/mol. The number of carbonyl (C=O) groups excluding carboxylic acids is 2. The van der Waals surface area contributed by atoms with Gasteiger partial charge in [0.25, 0.3) is 7.82 Å². The lowest BCUT2D eigenvalue weighted by atomic mass is 10.0. The van der Waals surface area contributed by atoms with Crippen LogP contribution in [0.3, 0.4) is 0 Å². The molecule has 0 aliphatic carbocycles. The molecule has 0 aromatic rings. The molecule has 0 saturated heterocycles. The first-order valence-electron chi connectivity index (χ1n) is 21.3. The van der Waals surface area contributed by atoms with Crippen molar-refractivity contribution in [2.45, 2.75) is 232 Å². The molecular formula is C41H80O8P-. The Morgan fingerprint density at radius 1 is 0.460 bits per heavy atom. The van der Waals surface area contributed by atoms with E-state index in [0.717, 1.165) is 32.1 Å². The van der Waals surface area contributed by atoms with Crippen LogP contribution in [0, 0.1) is 0 Å². The van der Waals surface area contributed by atoms with E-state index in [2.05, 4.69) is 18.4 Å². The van der Waals surface area contributed by atoms with Crippen molar-refractivity contribution in [2.75, 3.05) is 19.8 Å². The minimum absolute atomic E-state index is 0.0569. The molecule has 0 heterocycles. The third-order valence-electron chi connectivity index (χ3n) is 9.40. The summed E-state index contributed by atoms with van der Waals surface area (Å²) in [6.45, 7) is 5.32. The van der Waals surface area contributed by atoms with E-state index in [0.29, 0.717) is 6.42 Å². The van der Waals surface area contributed by atoms with Crippen LogP contribution in [0.4, 0.5) is 0 Å². The minimum Gasteiger partial charge on any atom is -0.756 e. The number of rotatable bonds is 40. The lowest BCUT2D eigenvalue weighted by Gasteiger charge is -2.25. The van der Waals surface area contributed by atoms with Crippen molar-refractivity contribution < 1.29 is 37.6 Å². The maximum Gasteiger partial charge on any atom is 0.306 e. The molecule has 0 N–H and O–H groups in total. The molecule has 0 amide bonds. The quantitative estimate of drug-likeness (QED) is 0.0348. The first-order valence-corrected chi connectivity index (χ1v) is 22.8. The van der Waals surface area contributed by atoms with Crippen molar-refractivity contribution in [1.82, 2.24) is 0 Å². The van der Waals surface area contributed by atoms with Crippen LogP contribution in [-0.4, -0.2) is 37.9 Å². The number of hydrogen-bond acceptors (Lipinski definition) is 8. The highest BCUT2D eigenvalue weighted by Crippen LogP contribution is 2.38. The lowest BCUT2D eigenvalue weighted by Crippen LogP contribution is -2.30. The number of ether oxygens (including phenoxy) is 2. The largest absolute Gasteiger partial charge is 0.756 e. The van der Waals surface area contributed by atoms with Crippen LogP contribution in [0.25, 0.3) is 0 Å². The zero-order valence-electron chi connectivity index (χ0n) is 33.0. The molecule has 0 bridgehead atoms. The summed E-state index contributed by atoms with van der Waals surface area (Å²) < 4.78 is 32.2. The molecule has 2 unspecified atom stereocenters. The first-order chi connectivity index (χ1) is 24.3. The van der Waals surface area contributed by atoms with Gasteiger partial charge in [-0.2, -0.15) is 0 Å². The molecule has 0 aromatic heterocycles. The van der Waals surface area contributed by atoms with Gasteiger partial charge in [0.1, 0.15) is 6.61 Å². The van der Waals surface area contributed by atoms with Gasteiger partial charge in [0.15, 0.2) is 6.10 Å². The molecule has 0 fully saturated rings. The Hall–Kier alpha value is -0.950. The fourth-order valence-corrected chi connectivity index (χ4v) is 7.01. The lowest BCUT2D eigenvalue weighted by molar-refractivity contribution is -0.228. The van der Waals surface area contributed by atoms with Gasteiger partial charge in [-0.25, -0.2) is 0 Å². The molecule has 0 aromatic carbocycles. The van der Waals surface area contributed by atoms with Gasteiger partial charge in [0, 0.05) is 12.8 Å². The third-order valence-corrected chi connectivity index (χ3v) is 10.4. The molecule has 0 spiro atoms. The summed E-state index contributed by atoms with van der Waals surface area (Å²) in [6.07, 6.45) is 37.0. The highest BCUT2D eigenvalue weighted by molar-refractivity contribution is 7.45. The number of phosphoric ester groups is 1. The second-order valence-corrected chi connectivity index (χ2v) is 15.8. The van der Waals surface area contributed by atoms with Gasteiger partial charge in [-0.3, -0.25) is 14.2 Å². The first kappa shape index (κ1) is 49.0. The van der Waals surface area contributed by atoms with Gasteiger partial charge >= 0.3 is 11.9 Å². The SMILES string of the molecule is CCCCCCCCCCCCCCCCCC(=O)OCC(COP(=O)([O-])OCC)OC(=O)CCCCCCCCCCCCCCCCC. The summed E-state index contributed by atoms with van der Waals surface area (Å²) >= 11 is 0. The van der Waals surface area contributed by atoms with Crippen LogP contribution >= 0.6 is 7.82 Å². The molecular weight excluding hydrogens is 651 g/mol. The van der Waals surface area contributed by atoms with Gasteiger partial charge in [-0.05, 0) is 19.8 Å². The van der Waals surface area contributed by atoms with Gasteiger partial charge in [0.05, 0.1) is 13.2 Å². The van der Waals surface area contributed by atoms with Crippen molar-refractivity contribution in [3.63, 3.8) is 0 Å². The fourth-order valence-electron chi connectivity index (χ4n) is 6.27. The highest BCUT2D eigenvalue weighted by atomic mass is 31.2. The van der Waals surface area contributed by atoms with Crippen LogP contribution in [0.2, 0.25) is 0 Å². The summed E-state index contributed by atoms with van der Waals surface area (Å²) in [5.41, 5.74) is 0. The molecule has 50 heavy (non-hydrogen) atoms. The molecule has 9 heteroatoms. The van der Waals surface area contributed by atoms with Crippen molar-refractivity contribution in [2.24, 2.45) is 0 Å². The van der Waals surface area contributed by atoms with Crippen LogP contribution < -0.4 is 4.89 Å². The molecule has 8 nitrogen and oxygen atoms in total. The minimum atomic E-state index is -4.52. The van der Waals surface area contributed by atoms with E-state index in [4.69, 9.17) is 14.0 Å². The van der Waals surface area contributed by atoms with Gasteiger partial charge in [-0.1, -0.05) is 194 Å². The number of esters is 2. The standard InChI is InChI=1S/C41H81O8P/c1-4-7-9-11-13-15-17-19-21-23-25-27-29-31-33-35-40(42)46-37-39(38-48-50(44,45)47-6-3)49-41(43)36-34-32-30-28-26-24-22-20-18-16-14-12-10-8-5-2/h39H,4-38H2,1-3H3,(H,44,45)/p-1. The Balaban J connectivity index is 4.04. The predicted octanol–water partition coefficient (Wildman–Crippen LogP) is 12.5. The van der Waals surface area contributed by atoms with E-state index in [1.165, 1.54) is 154 Å². The van der Waals surface area contributed by atoms with Crippen LogP contribution in [0.1, 0.15) is 226 Å². The van der Waals surface area contributed by atoms with E-state index in [1.807, 2.05) is 0 Å². The van der Waals surface area contributed by atoms with Crippen LogP contribution in [-0.2, 0) is 32.7 Å². The average Bonchev–Trinajstić information content (AvgIpc) is 3.09. The van der Waals surface area contributed by atoms with Gasteiger partial charge in [-0.15, -0.1) is 0 Å². The summed E-state index contributed by atoms with van der Waals surface area (Å²) in [7, 11) is -4.52. The summed E-state index contributed by atoms with van der Waals surface area (Å²) in [4.78, 5) is 36.8. The number of unbranched alkanes of at least 4 members (excludes halogenated alkanes) is 28. The number of carbonyl (C=O) groups is 2. The Morgan fingerprint density at radius 2 is 0.780 bits per heavy atom. The molecule has 0 rings (SSSR count). The zero-order valence-corrected chi connectivity index (χ0v) is 33.9. The highest BCUT2D eigenvalue weighted by Gasteiger charge is 2.20. The van der Waals surface area contributed by atoms with E-state index in [9.17, 15) is 19.0 Å². The Labute approximate surface area is 308 Å². The van der Waals surface area contributed by atoms with E-state index >= 15 is 0 Å². The zero-order chi connectivity index (χ0) is 36.8. The van der Waals surface area contributed by atoms with Crippen molar-refractivity contribution in [3.05, 3.63) is 0 Å². The van der Waals surface area contributed by atoms with Gasteiger partial charge < -0.3 is 23.4 Å². The Morgan fingerprint density at radius 3 is 1.12 bits per heavy atom. The van der Waals surface area contributed by atoms with E-state index < -0.39 is 26.5 Å². The molecule has 0 aliphatic heterocycles. The van der Waals surface area contributed by atoms with Crippen molar-refractivity contribution in [1.29, 1.82) is 0 Å². The maximum atomic E-state index is 12.5. The number of phosphoric acid groups is 1. The Bertz CT molecular complexity index is 793. The summed E-state index contributed by atoms with van der Waals surface area (Å²) in [5, 5.41) is 0. The van der Waals surface area contributed by atoms with E-state index in [-0.39, 0.29) is 32.0 Å². The third kappa shape index (κ3) is 36.8. The summed E-state index contributed by atoms with van der Waals surface area (Å²) in [6, 6.07) is 0. The van der Waals surface area contributed by atoms with Gasteiger partial charge in [0.2, 0.25) is 0 Å². The predicted molar refractivity (Wildman–Crippen MR) is 205 cm³/mol. The van der Waals surface area contributed by atoms with E-state index in [1.54, 1.807) is 6.92 Å². The van der Waals surface area contributed by atoms with Crippen molar-refractivity contribution >= 4 is 19.8 Å². The molecule has 2 atom stereocenters. The van der Waals surface area contributed by atoms with Crippen LogP contribution in [0.5, 0.6) is 0 Å². The smallest absolute Gasteiger partial charge is 0.306 e. The topological polar surface area (TPSA) is 111 Å². The summed E-state index contributed by atoms with van der Waals surface area (Å²) in [5.74, 6) is -0.817. The molecule has 0 aliphatic rings. The van der Waals surface area contributed by atoms with Crippen LogP contribution in [0.15, 0.2) is 0 Å². The molecule has 0 radical (unpaired) electrons. The van der Waals surface area contributed by atoms with Crippen molar-refractivity contribution in [3.8, 4) is 0 Å².